The number of hydrogen-bond donors (Lipinski definition) is 2. The summed E-state index contributed by atoms with van der Waals surface area (Å²) in [4.78, 5) is 3.56. The van der Waals surface area contributed by atoms with Crippen molar-refractivity contribution in [2.75, 3.05) is 23.3 Å². The number of rotatable bonds is 6. The van der Waals surface area contributed by atoms with E-state index in [1.54, 1.807) is 12.1 Å². The molecule has 5 rings (SSSR count). The molecule has 1 fully saturated rings. The molecule has 3 aromatic carbocycles. The van der Waals surface area contributed by atoms with Crippen LogP contribution in [0.15, 0.2) is 78.9 Å². The first kappa shape index (κ1) is 23.8. The zero-order chi connectivity index (χ0) is 25.2. The zero-order valence-electron chi connectivity index (χ0n) is 19.4. The molecule has 4 aromatic rings. The third-order valence-corrected chi connectivity index (χ3v) is 6.22. The highest BCUT2D eigenvalue weighted by molar-refractivity contribution is 5.77. The monoisotopic (exact) mass is 494 g/mol. The van der Waals surface area contributed by atoms with Gasteiger partial charge in [-0.1, -0.05) is 30.3 Å². The SMILES string of the molecule is OC1(Cn2nnc(-c3ccccc3Nc3ccc(C(F)(F)F)cc3)n2)CCCN(c2ccccc2)C1. The summed E-state index contributed by atoms with van der Waals surface area (Å²) in [7, 11) is 0. The number of piperidine rings is 1. The van der Waals surface area contributed by atoms with Gasteiger partial charge in [0.1, 0.15) is 5.60 Å². The average Bonchev–Trinajstić information content (AvgIpc) is 3.32. The molecule has 1 saturated heterocycles. The summed E-state index contributed by atoms with van der Waals surface area (Å²) < 4.78 is 38.6. The highest BCUT2D eigenvalue weighted by Crippen LogP contribution is 2.32. The molecule has 1 aliphatic heterocycles. The maximum Gasteiger partial charge on any atom is 0.416 e. The van der Waals surface area contributed by atoms with E-state index in [-0.39, 0.29) is 6.54 Å². The van der Waals surface area contributed by atoms with Crippen molar-refractivity contribution in [3.05, 3.63) is 84.4 Å². The van der Waals surface area contributed by atoms with E-state index in [9.17, 15) is 18.3 Å². The van der Waals surface area contributed by atoms with Crippen molar-refractivity contribution in [3.63, 3.8) is 0 Å². The molecule has 0 amide bonds. The number of nitrogens with one attached hydrogen (secondary N) is 1. The molecule has 36 heavy (non-hydrogen) atoms. The topological polar surface area (TPSA) is 79.1 Å². The predicted molar refractivity (Wildman–Crippen MR) is 131 cm³/mol. The highest BCUT2D eigenvalue weighted by atomic mass is 19.4. The molecule has 0 aliphatic carbocycles. The molecule has 2 N–H and O–H groups in total. The fourth-order valence-electron chi connectivity index (χ4n) is 4.47. The molecule has 7 nitrogen and oxygen atoms in total. The molecule has 10 heteroatoms. The van der Waals surface area contributed by atoms with Crippen LogP contribution in [-0.2, 0) is 12.7 Å². The van der Waals surface area contributed by atoms with Crippen molar-refractivity contribution in [2.24, 2.45) is 0 Å². The largest absolute Gasteiger partial charge is 0.416 e. The second-order valence-corrected chi connectivity index (χ2v) is 8.97. The van der Waals surface area contributed by atoms with Crippen LogP contribution in [-0.4, -0.2) is 44.0 Å². The van der Waals surface area contributed by atoms with Crippen molar-refractivity contribution in [2.45, 2.75) is 31.2 Å². The van der Waals surface area contributed by atoms with Crippen LogP contribution in [0.25, 0.3) is 11.4 Å². The molecular formula is C26H25F3N6O. The summed E-state index contributed by atoms with van der Waals surface area (Å²) >= 11 is 0. The van der Waals surface area contributed by atoms with E-state index in [1.165, 1.54) is 16.9 Å². The molecular weight excluding hydrogens is 469 g/mol. The fraction of sp³-hybridized carbons (Fsp3) is 0.269. The molecule has 1 atom stereocenters. The summed E-state index contributed by atoms with van der Waals surface area (Å²) in [6, 6.07) is 22.0. The van der Waals surface area contributed by atoms with Crippen LogP contribution in [0.4, 0.5) is 30.2 Å². The van der Waals surface area contributed by atoms with Gasteiger partial charge in [0.25, 0.3) is 0 Å². The number of para-hydroxylation sites is 2. The first-order valence-corrected chi connectivity index (χ1v) is 11.6. The summed E-state index contributed by atoms with van der Waals surface area (Å²) in [6.07, 6.45) is -2.93. The Kier molecular flexibility index (Phi) is 6.36. The summed E-state index contributed by atoms with van der Waals surface area (Å²) in [5, 5.41) is 27.3. The van der Waals surface area contributed by atoms with E-state index < -0.39 is 17.3 Å². The number of aliphatic hydroxyl groups is 1. The number of hydrogen-bond acceptors (Lipinski definition) is 6. The number of anilines is 3. The van der Waals surface area contributed by atoms with Gasteiger partial charge < -0.3 is 15.3 Å². The quantitative estimate of drug-likeness (QED) is 0.387. The second kappa shape index (κ2) is 9.62. The van der Waals surface area contributed by atoms with Gasteiger partial charge in [-0.05, 0) is 66.6 Å². The summed E-state index contributed by atoms with van der Waals surface area (Å²) in [5.74, 6) is 0.351. The van der Waals surface area contributed by atoms with Gasteiger partial charge in [-0.2, -0.15) is 18.0 Å². The minimum absolute atomic E-state index is 0.192. The maximum atomic E-state index is 12.9. The summed E-state index contributed by atoms with van der Waals surface area (Å²) in [5.41, 5.74) is 1.11. The average molecular weight is 495 g/mol. The molecule has 1 aliphatic rings. The van der Waals surface area contributed by atoms with E-state index in [0.29, 0.717) is 35.7 Å². The third-order valence-electron chi connectivity index (χ3n) is 6.22. The highest BCUT2D eigenvalue weighted by Gasteiger charge is 2.35. The molecule has 0 radical (unpaired) electrons. The first-order chi connectivity index (χ1) is 17.3. The van der Waals surface area contributed by atoms with Crippen LogP contribution in [0.5, 0.6) is 0 Å². The van der Waals surface area contributed by atoms with Crippen molar-refractivity contribution in [1.82, 2.24) is 20.2 Å². The Hall–Kier alpha value is -3.92. The van der Waals surface area contributed by atoms with Gasteiger partial charge in [0.15, 0.2) is 0 Å². The Bertz CT molecular complexity index is 1310. The number of benzene rings is 3. The lowest BCUT2D eigenvalue weighted by Crippen LogP contribution is -2.51. The lowest BCUT2D eigenvalue weighted by Gasteiger charge is -2.40. The standard InChI is InChI=1S/C26H25F3N6O/c27-26(28,29)19-11-13-20(14-12-19)30-23-10-5-4-9-22(23)24-31-33-35(32-24)18-25(36)15-6-16-34(17-25)21-7-2-1-3-8-21/h1-5,7-14,30,36H,6,15-18H2. The summed E-state index contributed by atoms with van der Waals surface area (Å²) in [6.45, 7) is 1.52. The van der Waals surface area contributed by atoms with Crippen LogP contribution < -0.4 is 10.2 Å². The number of tetrazole rings is 1. The van der Waals surface area contributed by atoms with Gasteiger partial charge in [0, 0.05) is 35.7 Å². The van der Waals surface area contributed by atoms with E-state index in [1.807, 2.05) is 42.5 Å². The third kappa shape index (κ3) is 5.33. The van der Waals surface area contributed by atoms with Crippen molar-refractivity contribution in [1.29, 1.82) is 0 Å². The molecule has 0 bridgehead atoms. The van der Waals surface area contributed by atoms with Gasteiger partial charge in [-0.15, -0.1) is 10.2 Å². The molecule has 0 spiro atoms. The molecule has 1 aromatic heterocycles. The van der Waals surface area contributed by atoms with Gasteiger partial charge in [0.05, 0.1) is 12.1 Å². The minimum Gasteiger partial charge on any atom is -0.386 e. The number of alkyl halides is 3. The predicted octanol–water partition coefficient (Wildman–Crippen LogP) is 5.13. The number of halogens is 3. The molecule has 1 unspecified atom stereocenters. The first-order valence-electron chi connectivity index (χ1n) is 11.6. The van der Waals surface area contributed by atoms with Crippen LogP contribution in [0.3, 0.4) is 0 Å². The van der Waals surface area contributed by atoms with Crippen LogP contribution in [0.1, 0.15) is 18.4 Å². The van der Waals surface area contributed by atoms with E-state index in [4.69, 9.17) is 0 Å². The van der Waals surface area contributed by atoms with Gasteiger partial charge in [0.2, 0.25) is 5.82 Å². The van der Waals surface area contributed by atoms with Crippen LogP contribution >= 0.6 is 0 Å². The van der Waals surface area contributed by atoms with Gasteiger partial charge in [-0.25, -0.2) is 0 Å². The number of nitrogens with zero attached hydrogens (tertiary/aromatic N) is 5. The second-order valence-electron chi connectivity index (χ2n) is 8.97. The van der Waals surface area contributed by atoms with Crippen molar-refractivity contribution >= 4 is 17.1 Å². The Morgan fingerprint density at radius 2 is 1.67 bits per heavy atom. The lowest BCUT2D eigenvalue weighted by atomic mass is 9.92. The van der Waals surface area contributed by atoms with Gasteiger partial charge in [-0.3, -0.25) is 0 Å². The van der Waals surface area contributed by atoms with Crippen molar-refractivity contribution in [3.8, 4) is 11.4 Å². The van der Waals surface area contributed by atoms with Crippen molar-refractivity contribution < 1.29 is 18.3 Å². The number of β-amino-alcohol motifs (C(OH)–C–C–N with tert-alkyl or cyclic N) is 1. The molecule has 2 heterocycles. The Balaban J connectivity index is 1.31. The van der Waals surface area contributed by atoms with E-state index in [2.05, 4.69) is 25.6 Å². The Labute approximate surface area is 206 Å². The smallest absolute Gasteiger partial charge is 0.386 e. The molecule has 186 valence electrons. The fourth-order valence-corrected chi connectivity index (χ4v) is 4.47. The molecule has 0 saturated carbocycles. The van der Waals surface area contributed by atoms with E-state index in [0.717, 1.165) is 30.8 Å². The maximum absolute atomic E-state index is 12.9. The van der Waals surface area contributed by atoms with Crippen LogP contribution in [0, 0.1) is 0 Å². The normalized spacial score (nSPS) is 18.3. The Morgan fingerprint density at radius 1 is 0.944 bits per heavy atom. The van der Waals surface area contributed by atoms with Gasteiger partial charge >= 0.3 is 6.18 Å². The lowest BCUT2D eigenvalue weighted by molar-refractivity contribution is -0.137. The zero-order valence-corrected chi connectivity index (χ0v) is 19.4. The number of aromatic nitrogens is 4. The van der Waals surface area contributed by atoms with E-state index >= 15 is 0 Å². The van der Waals surface area contributed by atoms with Crippen LogP contribution in [0.2, 0.25) is 0 Å². The minimum atomic E-state index is -4.39. The Morgan fingerprint density at radius 3 is 2.42 bits per heavy atom.